The first kappa shape index (κ1) is 26.6. The van der Waals surface area contributed by atoms with Crippen LogP contribution in [0.4, 0.5) is 11.4 Å². The highest BCUT2D eigenvalue weighted by Gasteiger charge is 2.30. The molecule has 0 atom stereocenters. The van der Waals surface area contributed by atoms with Gasteiger partial charge in [-0.25, -0.2) is 17.9 Å². The molecule has 5 rings (SSSR count). The number of aromatic nitrogens is 2. The zero-order valence-corrected chi connectivity index (χ0v) is 22.4. The van der Waals surface area contributed by atoms with Crippen molar-refractivity contribution in [1.29, 1.82) is 0 Å². The van der Waals surface area contributed by atoms with Gasteiger partial charge in [0, 0.05) is 17.3 Å². The lowest BCUT2D eigenvalue weighted by Crippen LogP contribution is -2.30. The van der Waals surface area contributed by atoms with Gasteiger partial charge < -0.3 is 20.0 Å². The normalized spacial score (nSPS) is 14.1. The van der Waals surface area contributed by atoms with E-state index in [1.165, 1.54) is 32.4 Å². The first-order valence-corrected chi connectivity index (χ1v) is 13.4. The van der Waals surface area contributed by atoms with Crippen molar-refractivity contribution in [2.24, 2.45) is 5.10 Å². The average molecular weight is 561 g/mol. The van der Waals surface area contributed by atoms with Gasteiger partial charge in [-0.15, -0.1) is 0 Å². The number of fused-ring (bicyclic) bond motifs is 2. The molecule has 1 heterocycles. The Kier molecular flexibility index (Phi) is 6.83. The number of ether oxygens (including phenoxy) is 1. The number of H-pyrrole nitrogens is 2. The van der Waals surface area contributed by atoms with E-state index >= 15 is 0 Å². The van der Waals surface area contributed by atoms with Crippen molar-refractivity contribution >= 4 is 55.9 Å². The molecule has 0 radical (unpaired) electrons. The van der Waals surface area contributed by atoms with Crippen LogP contribution >= 0.6 is 0 Å². The Balaban J connectivity index is 1.48. The molecular formula is C27H24N6O6S. The number of imidazole rings is 1. The van der Waals surface area contributed by atoms with Gasteiger partial charge in [-0.3, -0.25) is 15.0 Å². The molecule has 0 aliphatic heterocycles. The van der Waals surface area contributed by atoms with Gasteiger partial charge in [0.15, 0.2) is 0 Å². The van der Waals surface area contributed by atoms with Crippen LogP contribution in [0.1, 0.15) is 16.7 Å². The van der Waals surface area contributed by atoms with Gasteiger partial charge >= 0.3 is 5.69 Å². The Morgan fingerprint density at radius 2 is 1.75 bits per heavy atom. The minimum atomic E-state index is -3.78. The lowest BCUT2D eigenvalue weighted by molar-refractivity contribution is -0.116. The molecule has 40 heavy (non-hydrogen) atoms. The summed E-state index contributed by atoms with van der Waals surface area (Å²) in [5.74, 6) is -1.18. The zero-order chi connectivity index (χ0) is 28.6. The van der Waals surface area contributed by atoms with E-state index in [-0.39, 0.29) is 27.6 Å². The summed E-state index contributed by atoms with van der Waals surface area (Å²) in [6.07, 6.45) is 1.49. The number of methoxy groups -OCH3 is 1. The third kappa shape index (κ3) is 4.90. The second-order valence-corrected chi connectivity index (χ2v) is 10.7. The van der Waals surface area contributed by atoms with Crippen LogP contribution in [-0.2, 0) is 19.6 Å². The Labute approximate surface area is 228 Å². The molecule has 1 aliphatic carbocycles. The Bertz CT molecular complexity index is 1920. The number of nitrogens with zero attached hydrogens (tertiary/aromatic N) is 1. The lowest BCUT2D eigenvalue weighted by Gasteiger charge is -2.18. The fourth-order valence-electron chi connectivity index (χ4n) is 4.28. The molecule has 0 saturated heterocycles. The predicted molar refractivity (Wildman–Crippen MR) is 151 cm³/mol. The number of benzene rings is 3. The molecule has 1 aliphatic rings. The maximum absolute atomic E-state index is 13.5. The first-order chi connectivity index (χ1) is 19.1. The highest BCUT2D eigenvalue weighted by atomic mass is 32.2. The number of hydrazone groups is 1. The Morgan fingerprint density at radius 1 is 1.00 bits per heavy atom. The quantitative estimate of drug-likeness (QED) is 0.170. The fraction of sp³-hybridized carbons (Fsp3) is 0.111. The van der Waals surface area contributed by atoms with E-state index in [9.17, 15) is 22.8 Å². The molecule has 0 fully saturated rings. The van der Waals surface area contributed by atoms with Crippen molar-refractivity contribution in [1.82, 2.24) is 14.7 Å². The number of aryl methyl sites for hydroxylation is 1. The van der Waals surface area contributed by atoms with E-state index < -0.39 is 21.7 Å². The number of carbonyl (C=O) groups excluding carboxylic acids is 2. The highest BCUT2D eigenvalue weighted by Crippen LogP contribution is 2.31. The van der Waals surface area contributed by atoms with Gasteiger partial charge in [0.25, 0.3) is 5.91 Å². The summed E-state index contributed by atoms with van der Waals surface area (Å²) in [4.78, 5) is 43.5. The molecule has 5 N–H and O–H groups in total. The molecule has 3 aromatic carbocycles. The van der Waals surface area contributed by atoms with Crippen LogP contribution in [0.3, 0.4) is 0 Å². The largest absolute Gasteiger partial charge is 0.495 e. The van der Waals surface area contributed by atoms with Crippen molar-refractivity contribution < 1.29 is 22.7 Å². The summed E-state index contributed by atoms with van der Waals surface area (Å²) in [5, 5.41) is 7.04. The van der Waals surface area contributed by atoms with Crippen LogP contribution in [0.2, 0.25) is 0 Å². The maximum atomic E-state index is 13.5. The molecular weight excluding hydrogens is 536 g/mol. The number of rotatable bonds is 7. The van der Waals surface area contributed by atoms with Gasteiger partial charge in [-0.2, -0.15) is 5.10 Å². The monoisotopic (exact) mass is 560 g/mol. The maximum Gasteiger partial charge on any atom is 0.323 e. The fourth-order valence-corrected chi connectivity index (χ4v) is 5.23. The second kappa shape index (κ2) is 10.3. The molecule has 1 amide bonds. The average Bonchev–Trinajstić information content (AvgIpc) is 3.31. The molecule has 12 nitrogen and oxygen atoms in total. The second-order valence-electron chi connectivity index (χ2n) is 8.87. The van der Waals surface area contributed by atoms with Crippen LogP contribution in [0, 0.1) is 6.92 Å². The molecule has 0 spiro atoms. The van der Waals surface area contributed by atoms with Gasteiger partial charge in [0.05, 0.1) is 29.4 Å². The molecule has 204 valence electrons. The van der Waals surface area contributed by atoms with Crippen molar-refractivity contribution in [3.05, 3.63) is 87.3 Å². The molecule has 4 aromatic rings. The summed E-state index contributed by atoms with van der Waals surface area (Å²) in [5.41, 5.74) is 5.85. The summed E-state index contributed by atoms with van der Waals surface area (Å²) in [6.45, 7) is 1.68. The SMILES string of the molecule is CNS(=O)(=O)c1cc(C)c(N/N=C2\C(=O)C(C(=O)Nc3ccc4[nH]c(=O)[nH]c4c3)=Cc3ccccc32)cc1OC. The number of carbonyl (C=O) groups is 2. The summed E-state index contributed by atoms with van der Waals surface area (Å²) in [7, 11) is -1.14. The molecule has 0 saturated carbocycles. The third-order valence-electron chi connectivity index (χ3n) is 6.35. The van der Waals surface area contributed by atoms with E-state index in [1.807, 2.05) is 0 Å². The van der Waals surface area contributed by atoms with Crippen LogP contribution in [0.15, 0.2) is 75.0 Å². The summed E-state index contributed by atoms with van der Waals surface area (Å²) in [6, 6.07) is 14.7. The number of sulfonamides is 1. The third-order valence-corrected chi connectivity index (χ3v) is 7.79. The number of hydrogen-bond donors (Lipinski definition) is 5. The topological polar surface area (TPSA) is 175 Å². The summed E-state index contributed by atoms with van der Waals surface area (Å²) < 4.78 is 32.3. The highest BCUT2D eigenvalue weighted by molar-refractivity contribution is 7.89. The predicted octanol–water partition coefficient (Wildman–Crippen LogP) is 2.50. The van der Waals surface area contributed by atoms with Gasteiger partial charge in [-0.1, -0.05) is 24.3 Å². The van der Waals surface area contributed by atoms with E-state index in [1.54, 1.807) is 49.4 Å². The van der Waals surface area contributed by atoms with Crippen molar-refractivity contribution in [2.45, 2.75) is 11.8 Å². The number of Topliss-reactive ketones (excluding diaryl/α,β-unsaturated/α-hetero) is 1. The summed E-state index contributed by atoms with van der Waals surface area (Å²) >= 11 is 0. The smallest absolute Gasteiger partial charge is 0.323 e. The van der Waals surface area contributed by atoms with Gasteiger partial charge in [0.2, 0.25) is 15.8 Å². The van der Waals surface area contributed by atoms with Gasteiger partial charge in [0.1, 0.15) is 16.4 Å². The van der Waals surface area contributed by atoms with Crippen molar-refractivity contribution in [2.75, 3.05) is 24.9 Å². The van der Waals surface area contributed by atoms with Crippen LogP contribution in [-0.4, -0.2) is 49.9 Å². The first-order valence-electron chi connectivity index (χ1n) is 12.0. The Morgan fingerprint density at radius 3 is 2.50 bits per heavy atom. The van der Waals surface area contributed by atoms with E-state index in [0.29, 0.717) is 39.1 Å². The van der Waals surface area contributed by atoms with Crippen LogP contribution in [0.5, 0.6) is 5.75 Å². The minimum Gasteiger partial charge on any atom is -0.495 e. The van der Waals surface area contributed by atoms with Crippen LogP contribution < -0.4 is 25.9 Å². The molecule has 1 aromatic heterocycles. The Hall–Kier alpha value is -5.01. The van der Waals surface area contributed by atoms with Crippen LogP contribution in [0.25, 0.3) is 17.1 Å². The molecule has 0 bridgehead atoms. The molecule has 13 heteroatoms. The zero-order valence-electron chi connectivity index (χ0n) is 21.6. The van der Waals surface area contributed by atoms with E-state index in [2.05, 4.69) is 30.5 Å². The van der Waals surface area contributed by atoms with E-state index in [4.69, 9.17) is 4.74 Å². The lowest BCUT2D eigenvalue weighted by atomic mass is 9.89. The van der Waals surface area contributed by atoms with E-state index in [0.717, 1.165) is 0 Å². The van der Waals surface area contributed by atoms with Crippen molar-refractivity contribution in [3.8, 4) is 5.75 Å². The number of hydrogen-bond acceptors (Lipinski definition) is 8. The standard InChI is InChI=1S/C27H24N6O6S/c1-14-10-23(40(37,38)28-2)22(39-3)13-20(14)32-33-24-17-7-5-4-6-15(17)11-18(25(24)34)26(35)29-16-8-9-19-21(12-16)31-27(36)30-19/h4-13,28,32H,1-3H3,(H,29,35)(H2,30,31,36)/b33-24-. The number of anilines is 2. The van der Waals surface area contributed by atoms with Crippen molar-refractivity contribution in [3.63, 3.8) is 0 Å². The number of ketones is 1. The number of aromatic amines is 2. The molecule has 0 unspecified atom stereocenters. The number of amides is 1. The number of nitrogens with one attached hydrogen (secondary N) is 5. The minimum absolute atomic E-state index is 0.000966. The van der Waals surface area contributed by atoms with Gasteiger partial charge in [-0.05, 0) is 55.4 Å².